The van der Waals surface area contributed by atoms with E-state index in [-0.39, 0.29) is 0 Å². The molecule has 2 aromatic carbocycles. The predicted octanol–water partition coefficient (Wildman–Crippen LogP) is 4.12. The number of hydrogen-bond donors (Lipinski definition) is 3. The molecule has 172 valence electrons. The Kier molecular flexibility index (Phi) is 4.95. The van der Waals surface area contributed by atoms with Crippen LogP contribution in [0.2, 0.25) is 0 Å². The van der Waals surface area contributed by atoms with Crippen LogP contribution in [-0.4, -0.2) is 46.6 Å². The lowest BCUT2D eigenvalue weighted by Gasteiger charge is -2.25. The van der Waals surface area contributed by atoms with Crippen LogP contribution in [0.3, 0.4) is 0 Å². The summed E-state index contributed by atoms with van der Waals surface area (Å²) in [6.07, 6.45) is 4.70. The van der Waals surface area contributed by atoms with E-state index in [4.69, 9.17) is 15.5 Å². The van der Waals surface area contributed by atoms with E-state index in [0.717, 1.165) is 65.0 Å². The second-order valence-corrected chi connectivity index (χ2v) is 9.04. The number of rotatable bonds is 3. The second-order valence-electron chi connectivity index (χ2n) is 9.04. The summed E-state index contributed by atoms with van der Waals surface area (Å²) in [5, 5.41) is 7.59. The number of nitrogens with one attached hydrogen (secondary N) is 2. The van der Waals surface area contributed by atoms with Crippen molar-refractivity contribution >= 4 is 33.9 Å². The number of ether oxygens (including phenoxy) is 1. The minimum absolute atomic E-state index is 0.545. The van der Waals surface area contributed by atoms with E-state index >= 15 is 0 Å². The number of nitrogens with zero attached hydrogens (tertiary/aromatic N) is 4. The third kappa shape index (κ3) is 3.66. The highest BCUT2D eigenvalue weighted by Crippen LogP contribution is 2.37. The number of nitrogens with two attached hydrogens (primary N) is 1. The molecule has 0 saturated heterocycles. The molecule has 0 fully saturated rings. The van der Waals surface area contributed by atoms with Crippen LogP contribution in [0.4, 0.5) is 23.0 Å². The van der Waals surface area contributed by atoms with Gasteiger partial charge in [0.1, 0.15) is 12.3 Å². The van der Waals surface area contributed by atoms with E-state index < -0.39 is 0 Å². The van der Waals surface area contributed by atoms with Crippen LogP contribution in [0.15, 0.2) is 42.7 Å². The molecule has 4 N–H and O–H groups in total. The Morgan fingerprint density at radius 2 is 2.03 bits per heavy atom. The van der Waals surface area contributed by atoms with Crippen LogP contribution < -0.4 is 21.1 Å². The molecule has 0 atom stereocenters. The molecule has 2 aromatic heterocycles. The summed E-state index contributed by atoms with van der Waals surface area (Å²) in [6.45, 7) is 5.50. The average molecular weight is 454 g/mol. The molecule has 8 heteroatoms. The van der Waals surface area contributed by atoms with Crippen molar-refractivity contribution < 1.29 is 4.74 Å². The topological polar surface area (TPSA) is 101 Å². The third-order valence-corrected chi connectivity index (χ3v) is 6.66. The largest absolute Gasteiger partial charge is 0.474 e. The minimum Gasteiger partial charge on any atom is -0.474 e. The summed E-state index contributed by atoms with van der Waals surface area (Å²) in [4.78, 5) is 16.1. The van der Waals surface area contributed by atoms with E-state index in [2.05, 4.69) is 57.7 Å². The lowest BCUT2D eigenvalue weighted by Crippen LogP contribution is -2.26. The lowest BCUT2D eigenvalue weighted by molar-refractivity contribution is 0.310. The van der Waals surface area contributed by atoms with Crippen LogP contribution in [0, 0.1) is 6.92 Å². The maximum atomic E-state index is 6.41. The number of hydrogen-bond acceptors (Lipinski definition) is 8. The number of aromatic nitrogens is 3. The summed E-state index contributed by atoms with van der Waals surface area (Å²) in [6, 6.07) is 10.5. The first kappa shape index (κ1) is 20.7. The normalized spacial score (nSPS) is 15.2. The molecule has 2 aliphatic rings. The Labute approximate surface area is 198 Å². The van der Waals surface area contributed by atoms with Crippen molar-refractivity contribution in [2.75, 3.05) is 43.1 Å². The Balaban J connectivity index is 1.36. The molecule has 0 bridgehead atoms. The number of anilines is 4. The van der Waals surface area contributed by atoms with Crippen molar-refractivity contribution in [3.05, 3.63) is 59.4 Å². The Hall–Kier alpha value is -3.91. The zero-order valence-electron chi connectivity index (χ0n) is 19.4. The Morgan fingerprint density at radius 1 is 1.12 bits per heavy atom. The van der Waals surface area contributed by atoms with Gasteiger partial charge < -0.3 is 26.0 Å². The van der Waals surface area contributed by atoms with Gasteiger partial charge in [0.15, 0.2) is 0 Å². The SMILES string of the molecule is Cc1c(-c2cc(N)c3cnc(Nc4ccc5c(c4)CN(C)CC5)nc3c2)cnc2c1NCCO2. The van der Waals surface area contributed by atoms with Crippen LogP contribution in [-0.2, 0) is 13.0 Å². The summed E-state index contributed by atoms with van der Waals surface area (Å²) in [5.74, 6) is 1.19. The minimum atomic E-state index is 0.545. The highest BCUT2D eigenvalue weighted by molar-refractivity contribution is 5.95. The second kappa shape index (κ2) is 8.14. The molecule has 4 aromatic rings. The molecule has 0 unspecified atom stereocenters. The Morgan fingerprint density at radius 3 is 2.94 bits per heavy atom. The van der Waals surface area contributed by atoms with Crippen molar-refractivity contribution in [1.29, 1.82) is 0 Å². The van der Waals surface area contributed by atoms with Crippen molar-refractivity contribution in [2.24, 2.45) is 0 Å². The van der Waals surface area contributed by atoms with E-state index in [9.17, 15) is 0 Å². The lowest BCUT2D eigenvalue weighted by atomic mass is 9.99. The standard InChI is InChI=1S/C26H27N7O/c1-15-20(12-29-25-24(15)28-6-8-34-25)17-10-22(27)21-13-30-26(32-23(21)11-17)31-19-4-3-16-5-7-33(2)14-18(16)9-19/h3-4,9-13,28H,5-8,14,27H2,1-2H3,(H,30,31,32). The fourth-order valence-corrected chi connectivity index (χ4v) is 4.79. The fraction of sp³-hybridized carbons (Fsp3) is 0.269. The summed E-state index contributed by atoms with van der Waals surface area (Å²) < 4.78 is 5.67. The molecular formula is C26H27N7O. The van der Waals surface area contributed by atoms with Crippen molar-refractivity contribution in [3.8, 4) is 17.0 Å². The zero-order valence-corrected chi connectivity index (χ0v) is 19.4. The van der Waals surface area contributed by atoms with Crippen LogP contribution in [0.5, 0.6) is 5.88 Å². The van der Waals surface area contributed by atoms with Gasteiger partial charge in [0.05, 0.1) is 5.52 Å². The number of fused-ring (bicyclic) bond motifs is 3. The summed E-state index contributed by atoms with van der Waals surface area (Å²) in [7, 11) is 2.15. The van der Waals surface area contributed by atoms with Crippen LogP contribution >= 0.6 is 0 Å². The fourth-order valence-electron chi connectivity index (χ4n) is 4.79. The molecule has 0 aliphatic carbocycles. The maximum Gasteiger partial charge on any atom is 0.237 e. The van der Waals surface area contributed by atoms with Gasteiger partial charge >= 0.3 is 0 Å². The van der Waals surface area contributed by atoms with E-state index in [0.29, 0.717) is 24.1 Å². The quantitative estimate of drug-likeness (QED) is 0.398. The van der Waals surface area contributed by atoms with Gasteiger partial charge in [-0.1, -0.05) is 6.07 Å². The number of pyridine rings is 1. The first-order valence-electron chi connectivity index (χ1n) is 11.6. The molecule has 34 heavy (non-hydrogen) atoms. The molecule has 6 rings (SSSR count). The van der Waals surface area contributed by atoms with Gasteiger partial charge in [-0.05, 0) is 66.9 Å². The average Bonchev–Trinajstić information content (AvgIpc) is 2.84. The van der Waals surface area contributed by atoms with E-state index in [1.807, 2.05) is 18.3 Å². The summed E-state index contributed by atoms with van der Waals surface area (Å²) >= 11 is 0. The molecule has 2 aliphatic heterocycles. The van der Waals surface area contributed by atoms with Gasteiger partial charge in [-0.15, -0.1) is 0 Å². The van der Waals surface area contributed by atoms with Crippen molar-refractivity contribution in [3.63, 3.8) is 0 Å². The number of benzene rings is 2. The van der Waals surface area contributed by atoms with Crippen LogP contribution in [0.1, 0.15) is 16.7 Å². The van der Waals surface area contributed by atoms with E-state index in [1.54, 1.807) is 6.20 Å². The molecule has 0 amide bonds. The Bertz CT molecular complexity index is 1420. The zero-order chi connectivity index (χ0) is 23.2. The van der Waals surface area contributed by atoms with E-state index in [1.165, 1.54) is 11.1 Å². The summed E-state index contributed by atoms with van der Waals surface area (Å²) in [5.41, 5.74) is 15.5. The van der Waals surface area contributed by atoms with Crippen molar-refractivity contribution in [2.45, 2.75) is 19.9 Å². The highest BCUT2D eigenvalue weighted by Gasteiger charge is 2.18. The van der Waals surface area contributed by atoms with Gasteiger partial charge in [-0.3, -0.25) is 0 Å². The molecular weight excluding hydrogens is 426 g/mol. The predicted molar refractivity (Wildman–Crippen MR) is 136 cm³/mol. The van der Waals surface area contributed by atoms with Gasteiger partial charge in [-0.2, -0.15) is 0 Å². The number of nitrogen functional groups attached to an aromatic ring is 1. The first-order valence-corrected chi connectivity index (χ1v) is 11.6. The molecule has 4 heterocycles. The van der Waals surface area contributed by atoms with Gasteiger partial charge in [0.25, 0.3) is 0 Å². The van der Waals surface area contributed by atoms with Crippen molar-refractivity contribution in [1.82, 2.24) is 19.9 Å². The van der Waals surface area contributed by atoms with Gasteiger partial charge in [-0.25, -0.2) is 15.0 Å². The first-order chi connectivity index (χ1) is 16.5. The van der Waals surface area contributed by atoms with Crippen LogP contribution in [0.25, 0.3) is 22.0 Å². The monoisotopic (exact) mass is 453 g/mol. The molecule has 0 saturated carbocycles. The number of likely N-dealkylation sites (N-methyl/N-ethyl adjacent to an activating group) is 1. The maximum absolute atomic E-state index is 6.41. The third-order valence-electron chi connectivity index (χ3n) is 6.66. The molecule has 8 nitrogen and oxygen atoms in total. The van der Waals surface area contributed by atoms with Gasteiger partial charge in [0, 0.05) is 54.4 Å². The molecule has 0 spiro atoms. The molecule has 0 radical (unpaired) electrons. The van der Waals surface area contributed by atoms with Gasteiger partial charge in [0.2, 0.25) is 11.8 Å². The highest BCUT2D eigenvalue weighted by atomic mass is 16.5. The smallest absolute Gasteiger partial charge is 0.237 e.